The maximum atomic E-state index is 11.4. The highest BCUT2D eigenvalue weighted by molar-refractivity contribution is 6.04. The van der Waals surface area contributed by atoms with Crippen molar-refractivity contribution in [2.45, 2.75) is 6.42 Å². The van der Waals surface area contributed by atoms with E-state index in [1.165, 1.54) is 0 Å². The molecule has 0 fully saturated rings. The van der Waals surface area contributed by atoms with Gasteiger partial charge in [0.15, 0.2) is 0 Å². The van der Waals surface area contributed by atoms with E-state index < -0.39 is 0 Å². The van der Waals surface area contributed by atoms with Gasteiger partial charge in [0.2, 0.25) is 5.91 Å². The minimum Gasteiger partial charge on any atom is -0.385 e. The van der Waals surface area contributed by atoms with Crippen LogP contribution >= 0.6 is 0 Å². The van der Waals surface area contributed by atoms with Crippen molar-refractivity contribution in [2.24, 2.45) is 21.9 Å². The first-order valence-corrected chi connectivity index (χ1v) is 3.99. The Hall–Kier alpha value is -1.65. The average Bonchev–Trinajstić information content (AvgIpc) is 2.15. The normalized spacial score (nSPS) is 20.6. The molecule has 1 aliphatic rings. The van der Waals surface area contributed by atoms with Gasteiger partial charge < -0.3 is 11.1 Å². The molecule has 0 spiro atoms. The van der Waals surface area contributed by atoms with Gasteiger partial charge in [0.1, 0.15) is 11.8 Å². The van der Waals surface area contributed by atoms with E-state index in [-0.39, 0.29) is 17.7 Å². The van der Waals surface area contributed by atoms with Crippen LogP contribution < -0.4 is 11.1 Å². The molecular formula is C8H12N4O. The molecule has 3 N–H and O–H groups in total. The predicted molar refractivity (Wildman–Crippen MR) is 51.4 cm³/mol. The molecule has 0 radical (unpaired) electrons. The maximum absolute atomic E-state index is 11.4. The molecule has 1 unspecified atom stereocenters. The summed E-state index contributed by atoms with van der Waals surface area (Å²) in [6.45, 7) is 3.94. The largest absolute Gasteiger partial charge is 0.385 e. The highest BCUT2D eigenvalue weighted by atomic mass is 16.1. The van der Waals surface area contributed by atoms with E-state index in [1.54, 1.807) is 12.3 Å². The van der Waals surface area contributed by atoms with Crippen molar-refractivity contribution >= 4 is 18.0 Å². The molecule has 1 atom stereocenters. The van der Waals surface area contributed by atoms with Crippen molar-refractivity contribution in [2.75, 3.05) is 6.54 Å². The van der Waals surface area contributed by atoms with Gasteiger partial charge in [0, 0.05) is 19.2 Å². The van der Waals surface area contributed by atoms with Crippen molar-refractivity contribution in [3.63, 3.8) is 0 Å². The molecule has 13 heavy (non-hydrogen) atoms. The number of amidine groups is 1. The van der Waals surface area contributed by atoms with E-state index >= 15 is 0 Å². The van der Waals surface area contributed by atoms with E-state index in [9.17, 15) is 4.79 Å². The van der Waals surface area contributed by atoms with Crippen LogP contribution in [0.1, 0.15) is 6.42 Å². The Morgan fingerprint density at radius 1 is 1.92 bits per heavy atom. The summed E-state index contributed by atoms with van der Waals surface area (Å²) in [7, 11) is 0. The topological polar surface area (TPSA) is 79.8 Å². The van der Waals surface area contributed by atoms with E-state index in [2.05, 4.69) is 22.1 Å². The molecule has 1 rings (SSSR count). The summed E-state index contributed by atoms with van der Waals surface area (Å²) in [5.41, 5.74) is 5.50. The number of nitrogens with two attached hydrogens (primary N) is 1. The zero-order valence-corrected chi connectivity index (χ0v) is 7.23. The van der Waals surface area contributed by atoms with Crippen LogP contribution in [0, 0.1) is 5.92 Å². The Labute approximate surface area is 76.4 Å². The van der Waals surface area contributed by atoms with Gasteiger partial charge in [-0.1, -0.05) is 6.08 Å². The molecular weight excluding hydrogens is 168 g/mol. The quantitative estimate of drug-likeness (QED) is 0.582. The second-order valence-corrected chi connectivity index (χ2v) is 2.65. The summed E-state index contributed by atoms with van der Waals surface area (Å²) in [6, 6.07) is 0. The minimum absolute atomic E-state index is 0.132. The van der Waals surface area contributed by atoms with Crippen LogP contribution in [-0.2, 0) is 4.79 Å². The third-order valence-electron chi connectivity index (χ3n) is 1.69. The first-order valence-electron chi connectivity index (χ1n) is 3.99. The van der Waals surface area contributed by atoms with Crippen molar-refractivity contribution in [3.8, 4) is 0 Å². The van der Waals surface area contributed by atoms with Crippen molar-refractivity contribution in [3.05, 3.63) is 12.7 Å². The molecule has 70 valence electrons. The number of rotatable bonds is 3. The Balaban J connectivity index is 2.52. The van der Waals surface area contributed by atoms with Gasteiger partial charge in [-0.05, 0) is 0 Å². The molecule has 5 nitrogen and oxygen atoms in total. The van der Waals surface area contributed by atoms with Crippen LogP contribution in [0.5, 0.6) is 0 Å². The highest BCUT2D eigenvalue weighted by Gasteiger charge is 2.22. The second-order valence-electron chi connectivity index (χ2n) is 2.65. The second kappa shape index (κ2) is 4.39. The molecule has 0 saturated heterocycles. The summed E-state index contributed by atoms with van der Waals surface area (Å²) in [5.74, 6) is -0.242. The van der Waals surface area contributed by atoms with Gasteiger partial charge >= 0.3 is 0 Å². The standard InChI is InChI=1S/C8H12N4O/c1-2-4-10-8(13)6-3-5-11-12-7(6)9/h2,5-6H,1,3-4H2,(H2,9,12)(H,10,13). The smallest absolute Gasteiger partial charge is 0.231 e. The van der Waals surface area contributed by atoms with E-state index in [0.29, 0.717) is 13.0 Å². The molecule has 0 saturated carbocycles. The summed E-state index contributed by atoms with van der Waals surface area (Å²) in [5, 5.41) is 9.88. The number of hydrogen-bond acceptors (Lipinski definition) is 4. The number of hydrogen-bond donors (Lipinski definition) is 2. The Kier molecular flexibility index (Phi) is 3.19. The van der Waals surface area contributed by atoms with Crippen LogP contribution in [0.4, 0.5) is 0 Å². The van der Waals surface area contributed by atoms with Gasteiger partial charge in [-0.2, -0.15) is 5.10 Å². The van der Waals surface area contributed by atoms with Crippen molar-refractivity contribution in [1.82, 2.24) is 5.32 Å². The SMILES string of the molecule is C=CCNC(=O)C1CC=NN=C1N. The summed E-state index contributed by atoms with van der Waals surface area (Å²) >= 11 is 0. The molecule has 0 aliphatic carbocycles. The molecule has 0 aromatic rings. The Bertz CT molecular complexity index is 269. The van der Waals surface area contributed by atoms with Crippen LogP contribution in [0.25, 0.3) is 0 Å². The number of nitrogens with one attached hydrogen (secondary N) is 1. The zero-order valence-electron chi connectivity index (χ0n) is 7.23. The fourth-order valence-corrected chi connectivity index (χ4v) is 0.988. The summed E-state index contributed by atoms with van der Waals surface area (Å²) in [4.78, 5) is 11.4. The minimum atomic E-state index is -0.377. The summed E-state index contributed by atoms with van der Waals surface area (Å²) in [6.07, 6.45) is 3.70. The lowest BCUT2D eigenvalue weighted by Gasteiger charge is -2.14. The van der Waals surface area contributed by atoms with Gasteiger partial charge in [0.25, 0.3) is 0 Å². The number of carbonyl (C=O) groups is 1. The predicted octanol–water partition coefficient (Wildman–Crippen LogP) is -0.349. The molecule has 1 aliphatic heterocycles. The number of carbonyl (C=O) groups excluding carboxylic acids is 1. The van der Waals surface area contributed by atoms with Crippen LogP contribution in [0.2, 0.25) is 0 Å². The Morgan fingerprint density at radius 2 is 2.69 bits per heavy atom. The van der Waals surface area contributed by atoms with E-state index in [4.69, 9.17) is 5.73 Å². The van der Waals surface area contributed by atoms with E-state index in [1.807, 2.05) is 0 Å². The lowest BCUT2D eigenvalue weighted by atomic mass is 10.0. The molecule has 0 bridgehead atoms. The monoisotopic (exact) mass is 180 g/mol. The third kappa shape index (κ3) is 2.40. The third-order valence-corrected chi connectivity index (χ3v) is 1.69. The van der Waals surface area contributed by atoms with Gasteiger partial charge in [0.05, 0.1) is 0 Å². The number of nitrogens with zero attached hydrogens (tertiary/aromatic N) is 2. The lowest BCUT2D eigenvalue weighted by molar-refractivity contribution is -0.122. The van der Waals surface area contributed by atoms with E-state index in [0.717, 1.165) is 0 Å². The fourth-order valence-electron chi connectivity index (χ4n) is 0.988. The van der Waals surface area contributed by atoms with Gasteiger partial charge in [-0.3, -0.25) is 4.79 Å². The molecule has 1 heterocycles. The highest BCUT2D eigenvalue weighted by Crippen LogP contribution is 2.06. The maximum Gasteiger partial charge on any atom is 0.231 e. The summed E-state index contributed by atoms with van der Waals surface area (Å²) < 4.78 is 0. The molecule has 0 aromatic heterocycles. The first kappa shape index (κ1) is 9.44. The average molecular weight is 180 g/mol. The van der Waals surface area contributed by atoms with Gasteiger partial charge in [-0.25, -0.2) is 0 Å². The Morgan fingerprint density at radius 3 is 3.31 bits per heavy atom. The molecule has 1 amide bonds. The molecule has 5 heteroatoms. The van der Waals surface area contributed by atoms with Crippen LogP contribution in [0.3, 0.4) is 0 Å². The van der Waals surface area contributed by atoms with Crippen molar-refractivity contribution < 1.29 is 4.79 Å². The zero-order chi connectivity index (χ0) is 9.68. The van der Waals surface area contributed by atoms with Crippen molar-refractivity contribution in [1.29, 1.82) is 0 Å². The first-order chi connectivity index (χ1) is 6.25. The fraction of sp³-hybridized carbons (Fsp3) is 0.375. The van der Waals surface area contributed by atoms with Gasteiger partial charge in [-0.15, -0.1) is 11.7 Å². The van der Waals surface area contributed by atoms with Crippen LogP contribution in [-0.4, -0.2) is 24.5 Å². The van der Waals surface area contributed by atoms with Crippen LogP contribution in [0.15, 0.2) is 22.9 Å². The molecule has 0 aromatic carbocycles. The number of amides is 1. The lowest BCUT2D eigenvalue weighted by Crippen LogP contribution is -2.40.